The quantitative estimate of drug-likeness (QED) is 0.710. The van der Waals surface area contributed by atoms with Crippen LogP contribution in [0, 0.1) is 11.8 Å². The monoisotopic (exact) mass is 215 g/mol. The first kappa shape index (κ1) is 12.0. The number of ether oxygens (including phenoxy) is 1. The van der Waals surface area contributed by atoms with E-state index in [1.807, 2.05) is 13.8 Å². The van der Waals surface area contributed by atoms with Gasteiger partial charge in [-0.15, -0.1) is 0 Å². The number of hydrogen-bond donors (Lipinski definition) is 2. The van der Waals surface area contributed by atoms with Gasteiger partial charge in [0.1, 0.15) is 6.04 Å². The summed E-state index contributed by atoms with van der Waals surface area (Å²) in [5.41, 5.74) is -1.12. The largest absolute Gasteiger partial charge is 0.453 e. The van der Waals surface area contributed by atoms with Gasteiger partial charge < -0.3 is 15.2 Å². The maximum Gasteiger partial charge on any atom is 0.407 e. The normalized spacial score (nSPS) is 35.5. The molecule has 0 aliphatic heterocycles. The molecule has 5 heteroatoms. The van der Waals surface area contributed by atoms with Crippen LogP contribution in [-0.4, -0.2) is 35.7 Å². The maximum atomic E-state index is 11.3. The Kier molecular flexibility index (Phi) is 3.04. The Morgan fingerprint density at radius 3 is 2.13 bits per heavy atom. The molecule has 3 atom stereocenters. The second kappa shape index (κ2) is 3.81. The first-order valence-corrected chi connectivity index (χ1v) is 4.93. The molecule has 1 aliphatic rings. The van der Waals surface area contributed by atoms with E-state index in [0.717, 1.165) is 0 Å². The molecule has 0 aromatic rings. The molecular formula is C10H17NO4. The van der Waals surface area contributed by atoms with E-state index in [2.05, 4.69) is 10.1 Å². The molecule has 0 heterocycles. The summed E-state index contributed by atoms with van der Waals surface area (Å²) in [5.74, 6) is -0.258. The van der Waals surface area contributed by atoms with Crippen LogP contribution in [0.4, 0.5) is 4.79 Å². The fraction of sp³-hybridized carbons (Fsp3) is 0.800. The molecule has 0 saturated heterocycles. The van der Waals surface area contributed by atoms with Crippen LogP contribution < -0.4 is 5.32 Å². The fourth-order valence-corrected chi connectivity index (χ4v) is 2.03. The number of carbonyl (C=O) groups excluding carboxylic acids is 2. The van der Waals surface area contributed by atoms with E-state index in [4.69, 9.17) is 0 Å². The fourth-order valence-electron chi connectivity index (χ4n) is 2.03. The molecule has 2 N–H and O–H groups in total. The van der Waals surface area contributed by atoms with Gasteiger partial charge in [0.25, 0.3) is 0 Å². The van der Waals surface area contributed by atoms with Crippen molar-refractivity contribution < 1.29 is 19.4 Å². The standard InChI is InChI=1S/C10H17NO4/c1-5-6(2)10(5,14)8(7(3)12)11-9(13)15-4/h5-6,8,14H,1-4H3,(H,11,13)/t5?,6?,8-,10?/m1/s1. The molecule has 2 unspecified atom stereocenters. The molecule has 15 heavy (non-hydrogen) atoms. The van der Waals surface area contributed by atoms with Crippen LogP contribution in [0.3, 0.4) is 0 Å². The predicted molar refractivity (Wildman–Crippen MR) is 53.3 cm³/mol. The third-order valence-corrected chi connectivity index (χ3v) is 3.42. The summed E-state index contributed by atoms with van der Waals surface area (Å²) in [4.78, 5) is 22.4. The smallest absolute Gasteiger partial charge is 0.407 e. The Morgan fingerprint density at radius 1 is 1.40 bits per heavy atom. The average Bonchev–Trinajstić information content (AvgIpc) is 2.66. The van der Waals surface area contributed by atoms with Crippen molar-refractivity contribution in [3.05, 3.63) is 0 Å². The van der Waals surface area contributed by atoms with Crippen LogP contribution in [-0.2, 0) is 9.53 Å². The summed E-state index contributed by atoms with van der Waals surface area (Å²) in [5, 5.41) is 12.5. The van der Waals surface area contributed by atoms with Gasteiger partial charge in [0.2, 0.25) is 0 Å². The number of alkyl carbamates (subject to hydrolysis) is 1. The highest BCUT2D eigenvalue weighted by molar-refractivity contribution is 5.87. The van der Waals surface area contributed by atoms with Gasteiger partial charge in [0.15, 0.2) is 5.78 Å². The van der Waals surface area contributed by atoms with Crippen LogP contribution in [0.1, 0.15) is 20.8 Å². The minimum atomic E-state index is -1.12. The van der Waals surface area contributed by atoms with Crippen molar-refractivity contribution in [1.29, 1.82) is 0 Å². The molecule has 1 rings (SSSR count). The summed E-state index contributed by atoms with van der Waals surface area (Å²) in [6.45, 7) is 5.04. The van der Waals surface area contributed by atoms with Crippen molar-refractivity contribution in [1.82, 2.24) is 5.32 Å². The number of Topliss-reactive ketones (excluding diaryl/α,β-unsaturated/α-hetero) is 1. The van der Waals surface area contributed by atoms with Crippen LogP contribution >= 0.6 is 0 Å². The molecule has 5 nitrogen and oxygen atoms in total. The van der Waals surface area contributed by atoms with Gasteiger partial charge in [-0.2, -0.15) is 0 Å². The summed E-state index contributed by atoms with van der Waals surface area (Å²) < 4.78 is 4.41. The number of hydrogen-bond acceptors (Lipinski definition) is 4. The summed E-state index contributed by atoms with van der Waals surface area (Å²) in [6, 6.07) is -0.880. The molecule has 1 saturated carbocycles. The molecule has 0 radical (unpaired) electrons. The van der Waals surface area contributed by atoms with Crippen molar-refractivity contribution in [3.8, 4) is 0 Å². The van der Waals surface area contributed by atoms with Crippen LogP contribution in [0.2, 0.25) is 0 Å². The highest BCUT2D eigenvalue weighted by atomic mass is 16.5. The molecule has 0 bridgehead atoms. The second-order valence-corrected chi connectivity index (χ2v) is 4.14. The van der Waals surface area contributed by atoms with Gasteiger partial charge in [0, 0.05) is 0 Å². The predicted octanol–water partition coefficient (Wildman–Crippen LogP) is 0.317. The Hall–Kier alpha value is -1.10. The van der Waals surface area contributed by atoms with E-state index in [1.165, 1.54) is 14.0 Å². The van der Waals surface area contributed by atoms with Gasteiger partial charge in [-0.25, -0.2) is 4.79 Å². The lowest BCUT2D eigenvalue weighted by Gasteiger charge is -2.22. The third-order valence-electron chi connectivity index (χ3n) is 3.42. The molecule has 1 fully saturated rings. The van der Waals surface area contributed by atoms with Gasteiger partial charge >= 0.3 is 6.09 Å². The van der Waals surface area contributed by atoms with Crippen LogP contribution in [0.15, 0.2) is 0 Å². The van der Waals surface area contributed by atoms with E-state index in [0.29, 0.717) is 0 Å². The summed E-state index contributed by atoms with van der Waals surface area (Å²) in [7, 11) is 1.22. The summed E-state index contributed by atoms with van der Waals surface area (Å²) >= 11 is 0. The van der Waals surface area contributed by atoms with E-state index in [9.17, 15) is 14.7 Å². The SMILES string of the molecule is COC(=O)N[C@H](C(C)=O)C1(O)C(C)C1C. The summed E-state index contributed by atoms with van der Waals surface area (Å²) in [6.07, 6.45) is -0.699. The van der Waals surface area contributed by atoms with E-state index in [-0.39, 0.29) is 17.6 Å². The zero-order valence-corrected chi connectivity index (χ0v) is 9.40. The van der Waals surface area contributed by atoms with E-state index in [1.54, 1.807) is 0 Å². The molecule has 86 valence electrons. The van der Waals surface area contributed by atoms with Crippen molar-refractivity contribution in [3.63, 3.8) is 0 Å². The van der Waals surface area contributed by atoms with Crippen molar-refractivity contribution >= 4 is 11.9 Å². The lowest BCUT2D eigenvalue weighted by Crippen LogP contribution is -2.51. The molecule has 0 aromatic carbocycles. The zero-order chi connectivity index (χ0) is 11.8. The minimum absolute atomic E-state index is 0.00329. The minimum Gasteiger partial charge on any atom is -0.453 e. The van der Waals surface area contributed by atoms with Gasteiger partial charge in [-0.1, -0.05) is 13.8 Å². The highest BCUT2D eigenvalue weighted by Crippen LogP contribution is 2.52. The molecule has 0 spiro atoms. The first-order chi connectivity index (χ1) is 6.85. The number of ketones is 1. The van der Waals surface area contributed by atoms with Gasteiger partial charge in [0.05, 0.1) is 12.7 Å². The topological polar surface area (TPSA) is 75.6 Å². The van der Waals surface area contributed by atoms with Gasteiger partial charge in [-0.05, 0) is 18.8 Å². The second-order valence-electron chi connectivity index (χ2n) is 4.14. The van der Waals surface area contributed by atoms with E-state index < -0.39 is 17.7 Å². The van der Waals surface area contributed by atoms with Crippen LogP contribution in [0.5, 0.6) is 0 Å². The first-order valence-electron chi connectivity index (χ1n) is 4.93. The number of nitrogens with one attached hydrogen (secondary N) is 1. The Balaban J connectivity index is 2.77. The molecule has 1 amide bonds. The Bertz CT molecular complexity index is 281. The Morgan fingerprint density at radius 2 is 1.87 bits per heavy atom. The van der Waals surface area contributed by atoms with Crippen molar-refractivity contribution in [2.75, 3.05) is 7.11 Å². The van der Waals surface area contributed by atoms with Crippen molar-refractivity contribution in [2.24, 2.45) is 11.8 Å². The Labute approximate surface area is 88.8 Å². The van der Waals surface area contributed by atoms with Gasteiger partial charge in [-0.3, -0.25) is 4.79 Å². The van der Waals surface area contributed by atoms with Crippen molar-refractivity contribution in [2.45, 2.75) is 32.4 Å². The number of aliphatic hydroxyl groups is 1. The third kappa shape index (κ3) is 1.84. The zero-order valence-electron chi connectivity index (χ0n) is 9.40. The lowest BCUT2D eigenvalue weighted by molar-refractivity contribution is -0.122. The lowest BCUT2D eigenvalue weighted by atomic mass is 10.0. The maximum absolute atomic E-state index is 11.3. The van der Waals surface area contributed by atoms with Crippen LogP contribution in [0.25, 0.3) is 0 Å². The number of rotatable bonds is 3. The number of amides is 1. The molecular weight excluding hydrogens is 198 g/mol. The molecule has 0 aromatic heterocycles. The number of methoxy groups -OCH3 is 1. The average molecular weight is 215 g/mol. The molecule has 1 aliphatic carbocycles. The highest BCUT2D eigenvalue weighted by Gasteiger charge is 2.64. The van der Waals surface area contributed by atoms with E-state index >= 15 is 0 Å². The number of carbonyl (C=O) groups is 2.